The highest BCUT2D eigenvalue weighted by molar-refractivity contribution is 7.15. The summed E-state index contributed by atoms with van der Waals surface area (Å²) in [5.74, 6) is 0.0843. The van der Waals surface area contributed by atoms with Crippen molar-refractivity contribution >= 4 is 28.2 Å². The van der Waals surface area contributed by atoms with E-state index in [-0.39, 0.29) is 16.4 Å². The molecular weight excluding hydrogens is 289 g/mol. The molecule has 8 heteroatoms. The Balaban J connectivity index is 2.14. The van der Waals surface area contributed by atoms with Gasteiger partial charge >= 0.3 is 6.18 Å². The van der Waals surface area contributed by atoms with Gasteiger partial charge in [0.1, 0.15) is 5.69 Å². The third-order valence-electron chi connectivity index (χ3n) is 2.58. The molecule has 0 unspecified atom stereocenters. The number of nitrogen functional groups attached to an aromatic ring is 1. The van der Waals surface area contributed by atoms with Gasteiger partial charge in [-0.2, -0.15) is 13.2 Å². The Labute approximate surface area is 115 Å². The molecule has 0 fully saturated rings. The first-order valence-corrected chi connectivity index (χ1v) is 6.32. The maximum absolute atomic E-state index is 12.6. The summed E-state index contributed by atoms with van der Waals surface area (Å²) in [4.78, 5) is 12.0. The molecule has 0 aliphatic heterocycles. The fraction of sp³-hybridized carbons (Fsp3) is 0.0833. The summed E-state index contributed by atoms with van der Waals surface area (Å²) in [5, 5.41) is -0.929. The van der Waals surface area contributed by atoms with E-state index < -0.39 is 11.2 Å². The van der Waals surface area contributed by atoms with Crippen LogP contribution in [-0.4, -0.2) is 15.0 Å². The topological polar surface area (TPSA) is 64.7 Å². The van der Waals surface area contributed by atoms with Crippen LogP contribution in [0.5, 0.6) is 0 Å². The van der Waals surface area contributed by atoms with Crippen molar-refractivity contribution in [3.63, 3.8) is 0 Å². The van der Waals surface area contributed by atoms with Gasteiger partial charge in [0, 0.05) is 6.20 Å². The number of fused-ring (bicyclic) bond motifs is 1. The molecule has 0 spiro atoms. The molecule has 0 atom stereocenters. The lowest BCUT2D eigenvalue weighted by molar-refractivity contribution is -0.137. The van der Waals surface area contributed by atoms with Crippen molar-refractivity contribution in [1.82, 2.24) is 15.0 Å². The Hall–Kier alpha value is -2.22. The second-order valence-corrected chi connectivity index (χ2v) is 5.00. The molecule has 0 saturated carbocycles. The fourth-order valence-corrected chi connectivity index (χ4v) is 2.49. The number of rotatable bonds is 1. The molecule has 2 N–H and O–H groups in total. The predicted molar refractivity (Wildman–Crippen MR) is 70.1 cm³/mol. The summed E-state index contributed by atoms with van der Waals surface area (Å²) in [6.07, 6.45) is -3.36. The molecule has 0 radical (unpaired) electrons. The van der Waals surface area contributed by atoms with Gasteiger partial charge in [0.05, 0.1) is 15.9 Å². The van der Waals surface area contributed by atoms with Crippen LogP contribution in [0.1, 0.15) is 5.01 Å². The maximum atomic E-state index is 12.6. The zero-order valence-electron chi connectivity index (χ0n) is 9.85. The molecule has 102 valence electrons. The Morgan fingerprint density at radius 3 is 2.30 bits per heavy atom. The predicted octanol–water partition coefficient (Wildman–Crippen LogP) is 3.35. The van der Waals surface area contributed by atoms with Crippen LogP contribution in [0.2, 0.25) is 0 Å². The third kappa shape index (κ3) is 2.18. The molecule has 20 heavy (non-hydrogen) atoms. The van der Waals surface area contributed by atoms with E-state index in [0.29, 0.717) is 22.4 Å². The summed E-state index contributed by atoms with van der Waals surface area (Å²) >= 11 is 0.497. The zero-order valence-corrected chi connectivity index (χ0v) is 10.7. The minimum Gasteiger partial charge on any atom is -0.382 e. The molecule has 3 aromatic rings. The van der Waals surface area contributed by atoms with Crippen molar-refractivity contribution < 1.29 is 13.2 Å². The van der Waals surface area contributed by atoms with Crippen molar-refractivity contribution in [2.24, 2.45) is 0 Å². The summed E-state index contributed by atoms with van der Waals surface area (Å²) in [7, 11) is 0. The molecule has 3 rings (SSSR count). The summed E-state index contributed by atoms with van der Waals surface area (Å²) in [5.41, 5.74) is 7.14. The average molecular weight is 296 g/mol. The van der Waals surface area contributed by atoms with Gasteiger partial charge < -0.3 is 5.73 Å². The SMILES string of the molecule is Nc1nc2ccccc2nc1-c1cnc(C(F)(F)F)s1. The molecule has 0 saturated heterocycles. The summed E-state index contributed by atoms with van der Waals surface area (Å²) in [6.45, 7) is 0. The average Bonchev–Trinajstić information content (AvgIpc) is 2.87. The molecular formula is C12H7F3N4S. The van der Waals surface area contributed by atoms with Crippen LogP contribution < -0.4 is 5.73 Å². The smallest absolute Gasteiger partial charge is 0.382 e. The van der Waals surface area contributed by atoms with E-state index in [0.717, 1.165) is 6.20 Å². The maximum Gasteiger partial charge on any atom is 0.443 e. The second kappa shape index (κ2) is 4.41. The van der Waals surface area contributed by atoms with Crippen molar-refractivity contribution in [2.45, 2.75) is 6.18 Å². The highest BCUT2D eigenvalue weighted by Crippen LogP contribution is 2.37. The van der Waals surface area contributed by atoms with Crippen LogP contribution in [0.3, 0.4) is 0 Å². The highest BCUT2D eigenvalue weighted by atomic mass is 32.1. The van der Waals surface area contributed by atoms with E-state index in [9.17, 15) is 13.2 Å². The second-order valence-electron chi connectivity index (χ2n) is 3.97. The molecule has 0 amide bonds. The molecule has 4 nitrogen and oxygen atoms in total. The van der Waals surface area contributed by atoms with Crippen LogP contribution >= 0.6 is 11.3 Å². The van der Waals surface area contributed by atoms with Gasteiger partial charge in [0.15, 0.2) is 10.8 Å². The highest BCUT2D eigenvalue weighted by Gasteiger charge is 2.35. The van der Waals surface area contributed by atoms with Crippen LogP contribution in [0.15, 0.2) is 30.5 Å². The van der Waals surface area contributed by atoms with Crippen LogP contribution in [0.25, 0.3) is 21.6 Å². The Morgan fingerprint density at radius 1 is 1.05 bits per heavy atom. The van der Waals surface area contributed by atoms with Gasteiger partial charge in [0.25, 0.3) is 0 Å². The molecule has 0 aliphatic rings. The Morgan fingerprint density at radius 2 is 1.70 bits per heavy atom. The van der Waals surface area contributed by atoms with E-state index in [4.69, 9.17) is 5.73 Å². The number of nitrogens with two attached hydrogens (primary N) is 1. The molecule has 1 aromatic carbocycles. The van der Waals surface area contributed by atoms with Gasteiger partial charge in [-0.1, -0.05) is 12.1 Å². The number of benzene rings is 1. The van der Waals surface area contributed by atoms with Gasteiger partial charge in [0.2, 0.25) is 0 Å². The largest absolute Gasteiger partial charge is 0.443 e. The quantitative estimate of drug-likeness (QED) is 0.748. The van der Waals surface area contributed by atoms with Crippen LogP contribution in [-0.2, 0) is 6.18 Å². The number of nitrogens with zero attached hydrogens (tertiary/aromatic N) is 3. The van der Waals surface area contributed by atoms with E-state index >= 15 is 0 Å². The number of aromatic nitrogens is 3. The van der Waals surface area contributed by atoms with Crippen molar-refractivity contribution in [2.75, 3.05) is 5.73 Å². The van der Waals surface area contributed by atoms with Gasteiger partial charge in [-0.3, -0.25) is 0 Å². The lowest BCUT2D eigenvalue weighted by Gasteiger charge is -2.03. The van der Waals surface area contributed by atoms with E-state index in [1.807, 2.05) is 0 Å². The first kappa shape index (κ1) is 12.8. The first-order chi connectivity index (χ1) is 9.45. The van der Waals surface area contributed by atoms with E-state index in [1.165, 1.54) is 0 Å². The van der Waals surface area contributed by atoms with Gasteiger partial charge in [-0.25, -0.2) is 15.0 Å². The zero-order chi connectivity index (χ0) is 14.3. The number of anilines is 1. The van der Waals surface area contributed by atoms with Crippen LogP contribution in [0, 0.1) is 0 Å². The molecule has 0 bridgehead atoms. The molecule has 0 aliphatic carbocycles. The number of halogens is 3. The number of alkyl halides is 3. The summed E-state index contributed by atoms with van der Waals surface area (Å²) < 4.78 is 37.7. The van der Waals surface area contributed by atoms with Crippen molar-refractivity contribution in [1.29, 1.82) is 0 Å². The molecule has 2 aromatic heterocycles. The lowest BCUT2D eigenvalue weighted by atomic mass is 10.2. The fourth-order valence-electron chi connectivity index (χ4n) is 1.71. The minimum absolute atomic E-state index is 0.0843. The van der Waals surface area contributed by atoms with Crippen molar-refractivity contribution in [3.8, 4) is 10.6 Å². The van der Waals surface area contributed by atoms with E-state index in [2.05, 4.69) is 15.0 Å². The molecule has 2 heterocycles. The first-order valence-electron chi connectivity index (χ1n) is 5.51. The number of para-hydroxylation sites is 2. The van der Waals surface area contributed by atoms with Gasteiger partial charge in [-0.15, -0.1) is 11.3 Å². The standard InChI is InChI=1S/C12H7F3N4S/c13-12(14,15)11-17-5-8(20-11)9-10(16)19-7-4-2-1-3-6(7)18-9/h1-5H,(H2,16,19). The monoisotopic (exact) mass is 296 g/mol. The van der Waals surface area contributed by atoms with Crippen LogP contribution in [0.4, 0.5) is 19.0 Å². The normalized spacial score (nSPS) is 11.9. The van der Waals surface area contributed by atoms with Crippen molar-refractivity contribution in [3.05, 3.63) is 35.5 Å². The van der Waals surface area contributed by atoms with E-state index in [1.54, 1.807) is 24.3 Å². The number of hydrogen-bond donors (Lipinski definition) is 1. The number of hydrogen-bond acceptors (Lipinski definition) is 5. The third-order valence-corrected chi connectivity index (χ3v) is 3.63. The summed E-state index contributed by atoms with van der Waals surface area (Å²) in [6, 6.07) is 7.00. The Bertz CT molecular complexity index is 782. The lowest BCUT2D eigenvalue weighted by Crippen LogP contribution is -2.02. The Kier molecular flexibility index (Phi) is 2.82. The number of thiazole rings is 1. The minimum atomic E-state index is -4.47. The van der Waals surface area contributed by atoms with Gasteiger partial charge in [-0.05, 0) is 12.1 Å².